The molecule has 1 amide bonds. The summed E-state index contributed by atoms with van der Waals surface area (Å²) in [5.41, 5.74) is 3.31. The van der Waals surface area contributed by atoms with Crippen molar-refractivity contribution in [3.05, 3.63) is 88.0 Å². The summed E-state index contributed by atoms with van der Waals surface area (Å²) in [5, 5.41) is 7.20. The lowest BCUT2D eigenvalue weighted by Gasteiger charge is -2.08. The Labute approximate surface area is 162 Å². The molecule has 5 nitrogen and oxygen atoms in total. The van der Waals surface area contributed by atoms with E-state index in [0.29, 0.717) is 31.6 Å². The number of nitrogens with one attached hydrogen (secondary N) is 1. The first kappa shape index (κ1) is 19.5. The average molecular weight is 379 g/mol. The van der Waals surface area contributed by atoms with Gasteiger partial charge in [-0.3, -0.25) is 9.59 Å². The molecule has 3 aromatic rings. The molecule has 1 N–H and O–H groups in total. The van der Waals surface area contributed by atoms with E-state index in [0.717, 1.165) is 11.1 Å². The van der Waals surface area contributed by atoms with Gasteiger partial charge < -0.3 is 5.32 Å². The summed E-state index contributed by atoms with van der Waals surface area (Å²) < 4.78 is 14.4. The normalized spacial score (nSPS) is 10.6. The molecule has 0 unspecified atom stereocenters. The second-order valence-corrected chi connectivity index (χ2v) is 6.65. The molecule has 1 aromatic heterocycles. The second-order valence-electron chi connectivity index (χ2n) is 6.65. The Balaban J connectivity index is 1.53. The highest BCUT2D eigenvalue weighted by atomic mass is 19.1. The predicted molar refractivity (Wildman–Crippen MR) is 106 cm³/mol. The van der Waals surface area contributed by atoms with Crippen molar-refractivity contribution in [2.75, 3.05) is 0 Å². The van der Waals surface area contributed by atoms with Crippen molar-refractivity contribution in [3.8, 4) is 11.3 Å². The van der Waals surface area contributed by atoms with Crippen LogP contribution in [-0.2, 0) is 17.9 Å². The molecule has 0 spiro atoms. The summed E-state index contributed by atoms with van der Waals surface area (Å²) in [5.74, 6) is -0.392. The minimum atomic E-state index is -0.325. The maximum absolute atomic E-state index is 13.1. The number of aryl methyl sites for hydroxylation is 2. The Bertz CT molecular complexity index is 996. The van der Waals surface area contributed by atoms with Gasteiger partial charge in [-0.05, 0) is 49.2 Å². The molecule has 3 rings (SSSR count). The van der Waals surface area contributed by atoms with Crippen LogP contribution in [0.25, 0.3) is 11.3 Å². The van der Waals surface area contributed by atoms with Crippen LogP contribution < -0.4 is 10.9 Å². The van der Waals surface area contributed by atoms with Crippen molar-refractivity contribution in [1.82, 2.24) is 15.1 Å². The standard InChI is InChI=1S/C22H22FN3O2/c1-16-4-6-17(7-5-16)15-24-21(27)3-2-14-26-22(28)13-12-20(25-26)18-8-10-19(23)11-9-18/h4-13H,2-3,14-15H2,1H3,(H,24,27). The molecule has 0 bridgehead atoms. The highest BCUT2D eigenvalue weighted by Crippen LogP contribution is 2.15. The third-order valence-electron chi connectivity index (χ3n) is 4.39. The highest BCUT2D eigenvalue weighted by Gasteiger charge is 2.06. The lowest BCUT2D eigenvalue weighted by molar-refractivity contribution is -0.121. The smallest absolute Gasteiger partial charge is 0.266 e. The summed E-state index contributed by atoms with van der Waals surface area (Å²) in [6, 6.07) is 17.0. The lowest BCUT2D eigenvalue weighted by atomic mass is 10.1. The molecule has 6 heteroatoms. The molecule has 2 aromatic carbocycles. The maximum atomic E-state index is 13.1. The van der Waals surface area contributed by atoms with Gasteiger partial charge in [0, 0.05) is 31.1 Å². The monoisotopic (exact) mass is 379 g/mol. The Morgan fingerprint density at radius 1 is 1.04 bits per heavy atom. The zero-order valence-corrected chi connectivity index (χ0v) is 15.7. The summed E-state index contributed by atoms with van der Waals surface area (Å²) >= 11 is 0. The summed E-state index contributed by atoms with van der Waals surface area (Å²) in [7, 11) is 0. The number of benzene rings is 2. The van der Waals surface area contributed by atoms with Crippen LogP contribution in [0.4, 0.5) is 4.39 Å². The third-order valence-corrected chi connectivity index (χ3v) is 4.39. The van der Waals surface area contributed by atoms with E-state index in [1.807, 2.05) is 31.2 Å². The van der Waals surface area contributed by atoms with Crippen molar-refractivity contribution >= 4 is 5.91 Å². The van der Waals surface area contributed by atoms with E-state index in [1.165, 1.54) is 28.4 Å². The Morgan fingerprint density at radius 2 is 1.75 bits per heavy atom. The van der Waals surface area contributed by atoms with Crippen LogP contribution in [0.2, 0.25) is 0 Å². The largest absolute Gasteiger partial charge is 0.352 e. The van der Waals surface area contributed by atoms with Gasteiger partial charge in [0.2, 0.25) is 5.91 Å². The molecule has 0 aliphatic carbocycles. The quantitative estimate of drug-likeness (QED) is 0.684. The van der Waals surface area contributed by atoms with E-state index in [1.54, 1.807) is 18.2 Å². The fourth-order valence-electron chi connectivity index (χ4n) is 2.77. The number of rotatable bonds is 7. The van der Waals surface area contributed by atoms with Crippen molar-refractivity contribution < 1.29 is 9.18 Å². The fourth-order valence-corrected chi connectivity index (χ4v) is 2.77. The Kier molecular flexibility index (Phi) is 6.32. The molecule has 0 atom stereocenters. The molecular formula is C22H22FN3O2. The molecule has 1 heterocycles. The van der Waals surface area contributed by atoms with E-state index in [2.05, 4.69) is 10.4 Å². The first-order valence-electron chi connectivity index (χ1n) is 9.17. The van der Waals surface area contributed by atoms with Gasteiger partial charge >= 0.3 is 0 Å². The molecule has 144 valence electrons. The van der Waals surface area contributed by atoms with Crippen LogP contribution in [0.1, 0.15) is 24.0 Å². The molecule has 0 saturated carbocycles. The number of carbonyl (C=O) groups is 1. The van der Waals surface area contributed by atoms with Gasteiger partial charge in [-0.25, -0.2) is 9.07 Å². The molecule has 28 heavy (non-hydrogen) atoms. The molecule has 0 saturated heterocycles. The van der Waals surface area contributed by atoms with E-state index < -0.39 is 0 Å². The van der Waals surface area contributed by atoms with E-state index in [9.17, 15) is 14.0 Å². The molecule has 0 aliphatic rings. The van der Waals surface area contributed by atoms with Crippen LogP contribution >= 0.6 is 0 Å². The Morgan fingerprint density at radius 3 is 2.46 bits per heavy atom. The number of amides is 1. The number of carbonyl (C=O) groups excluding carboxylic acids is 1. The number of hydrogen-bond acceptors (Lipinski definition) is 3. The first-order valence-corrected chi connectivity index (χ1v) is 9.17. The van der Waals surface area contributed by atoms with E-state index in [4.69, 9.17) is 0 Å². The van der Waals surface area contributed by atoms with Crippen molar-refractivity contribution in [2.45, 2.75) is 32.9 Å². The number of aromatic nitrogens is 2. The molecule has 0 radical (unpaired) electrons. The zero-order valence-electron chi connectivity index (χ0n) is 15.7. The van der Waals surface area contributed by atoms with Crippen LogP contribution in [-0.4, -0.2) is 15.7 Å². The first-order chi connectivity index (χ1) is 13.5. The molecule has 0 fully saturated rings. The lowest BCUT2D eigenvalue weighted by Crippen LogP contribution is -2.25. The van der Waals surface area contributed by atoms with Gasteiger partial charge in [-0.1, -0.05) is 29.8 Å². The van der Waals surface area contributed by atoms with Crippen LogP contribution in [0.5, 0.6) is 0 Å². The zero-order chi connectivity index (χ0) is 19.9. The maximum Gasteiger partial charge on any atom is 0.266 e. The minimum absolute atomic E-state index is 0.0664. The number of halogens is 1. The van der Waals surface area contributed by atoms with Gasteiger partial charge in [0.15, 0.2) is 0 Å². The van der Waals surface area contributed by atoms with E-state index >= 15 is 0 Å². The van der Waals surface area contributed by atoms with Crippen molar-refractivity contribution in [3.63, 3.8) is 0 Å². The highest BCUT2D eigenvalue weighted by molar-refractivity contribution is 5.75. The average Bonchev–Trinajstić information content (AvgIpc) is 2.70. The van der Waals surface area contributed by atoms with Gasteiger partial charge in [0.25, 0.3) is 5.56 Å². The van der Waals surface area contributed by atoms with Crippen LogP contribution in [0.15, 0.2) is 65.5 Å². The predicted octanol–water partition coefficient (Wildman–Crippen LogP) is 3.45. The van der Waals surface area contributed by atoms with Gasteiger partial charge in [0.1, 0.15) is 5.82 Å². The minimum Gasteiger partial charge on any atom is -0.352 e. The number of hydrogen-bond donors (Lipinski definition) is 1. The summed E-state index contributed by atoms with van der Waals surface area (Å²) in [6.45, 7) is 2.84. The van der Waals surface area contributed by atoms with Gasteiger partial charge in [-0.2, -0.15) is 5.10 Å². The van der Waals surface area contributed by atoms with Crippen molar-refractivity contribution in [2.24, 2.45) is 0 Å². The van der Waals surface area contributed by atoms with Crippen molar-refractivity contribution in [1.29, 1.82) is 0 Å². The SMILES string of the molecule is Cc1ccc(CNC(=O)CCCn2nc(-c3ccc(F)cc3)ccc2=O)cc1. The second kappa shape index (κ2) is 9.08. The Hall–Kier alpha value is -3.28. The van der Waals surface area contributed by atoms with Crippen LogP contribution in [0, 0.1) is 12.7 Å². The molecule has 0 aliphatic heterocycles. The van der Waals surface area contributed by atoms with E-state index in [-0.39, 0.29) is 17.3 Å². The third kappa shape index (κ3) is 5.36. The topological polar surface area (TPSA) is 64.0 Å². The number of nitrogens with zero attached hydrogens (tertiary/aromatic N) is 2. The summed E-state index contributed by atoms with van der Waals surface area (Å²) in [6.07, 6.45) is 0.806. The molecular weight excluding hydrogens is 357 g/mol. The van der Waals surface area contributed by atoms with Gasteiger partial charge in [-0.15, -0.1) is 0 Å². The van der Waals surface area contributed by atoms with Gasteiger partial charge in [0.05, 0.1) is 5.69 Å². The van der Waals surface area contributed by atoms with Crippen LogP contribution in [0.3, 0.4) is 0 Å². The summed E-state index contributed by atoms with van der Waals surface area (Å²) in [4.78, 5) is 24.0. The fraction of sp³-hybridized carbons (Fsp3) is 0.227.